The Hall–Kier alpha value is -1.98. The van der Waals surface area contributed by atoms with Crippen molar-refractivity contribution in [2.24, 2.45) is 5.92 Å². The van der Waals surface area contributed by atoms with Gasteiger partial charge in [-0.1, -0.05) is 30.3 Å². The SMILES string of the molecule is CS(=O)(=O)N1CCC(COc2ccc(CN3Cc4ccccc4C3)cc2S(=O)(=O)NC2CC2)CC1. The highest BCUT2D eigenvalue weighted by molar-refractivity contribution is 7.89. The monoisotopic (exact) mass is 519 g/mol. The van der Waals surface area contributed by atoms with Gasteiger partial charge in [-0.2, -0.15) is 0 Å². The number of sulfonamides is 2. The largest absolute Gasteiger partial charge is 0.492 e. The number of rotatable bonds is 9. The van der Waals surface area contributed by atoms with Crippen molar-refractivity contribution in [3.05, 3.63) is 59.2 Å². The molecule has 0 aromatic heterocycles. The van der Waals surface area contributed by atoms with Crippen LogP contribution in [0.1, 0.15) is 42.4 Å². The number of nitrogens with zero attached hydrogens (tertiary/aromatic N) is 2. The summed E-state index contributed by atoms with van der Waals surface area (Å²) in [5, 5.41) is 0. The highest BCUT2D eigenvalue weighted by Crippen LogP contribution is 2.31. The lowest BCUT2D eigenvalue weighted by Gasteiger charge is -2.30. The van der Waals surface area contributed by atoms with Gasteiger partial charge in [0.15, 0.2) is 0 Å². The number of benzene rings is 2. The molecular formula is C25H33N3O5S2. The second-order valence-corrected chi connectivity index (χ2v) is 13.7. The van der Waals surface area contributed by atoms with Crippen LogP contribution in [0.3, 0.4) is 0 Å². The molecule has 0 amide bonds. The van der Waals surface area contributed by atoms with Gasteiger partial charge in [-0.05, 0) is 60.4 Å². The minimum absolute atomic E-state index is 0.00454. The molecule has 2 fully saturated rings. The number of hydrogen-bond acceptors (Lipinski definition) is 6. The molecule has 2 aliphatic heterocycles. The van der Waals surface area contributed by atoms with Crippen LogP contribution in [0.2, 0.25) is 0 Å². The van der Waals surface area contributed by atoms with Crippen molar-refractivity contribution >= 4 is 20.0 Å². The van der Waals surface area contributed by atoms with Gasteiger partial charge in [-0.3, -0.25) is 4.90 Å². The molecule has 0 spiro atoms. The fourth-order valence-electron chi connectivity index (χ4n) is 4.85. The second kappa shape index (κ2) is 9.82. The Kier molecular flexibility index (Phi) is 6.93. The van der Waals surface area contributed by atoms with Gasteiger partial charge in [0.05, 0.1) is 12.9 Å². The smallest absolute Gasteiger partial charge is 0.244 e. The molecule has 8 nitrogen and oxygen atoms in total. The summed E-state index contributed by atoms with van der Waals surface area (Å²) in [5.74, 6) is 0.542. The molecule has 2 heterocycles. The van der Waals surface area contributed by atoms with Crippen molar-refractivity contribution in [1.29, 1.82) is 0 Å². The first-order valence-electron chi connectivity index (χ1n) is 12.2. The van der Waals surface area contributed by atoms with Crippen LogP contribution in [0.25, 0.3) is 0 Å². The molecule has 1 saturated carbocycles. The van der Waals surface area contributed by atoms with Crippen LogP contribution in [0.4, 0.5) is 0 Å². The first-order chi connectivity index (χ1) is 16.7. The lowest BCUT2D eigenvalue weighted by atomic mass is 9.99. The Labute approximate surface area is 208 Å². The van der Waals surface area contributed by atoms with Crippen molar-refractivity contribution in [1.82, 2.24) is 13.9 Å². The molecule has 0 bridgehead atoms. The lowest BCUT2D eigenvalue weighted by Crippen LogP contribution is -2.39. The van der Waals surface area contributed by atoms with Crippen molar-refractivity contribution in [2.75, 3.05) is 26.0 Å². The average molecular weight is 520 g/mol. The molecule has 35 heavy (non-hydrogen) atoms. The topological polar surface area (TPSA) is 96.0 Å². The quantitative estimate of drug-likeness (QED) is 0.547. The summed E-state index contributed by atoms with van der Waals surface area (Å²) in [6.45, 7) is 3.66. The Morgan fingerprint density at radius 3 is 2.20 bits per heavy atom. The average Bonchev–Trinajstić information content (AvgIpc) is 3.52. The van der Waals surface area contributed by atoms with E-state index in [0.29, 0.717) is 44.8 Å². The molecule has 3 aliphatic rings. The van der Waals surface area contributed by atoms with Crippen LogP contribution < -0.4 is 9.46 Å². The zero-order valence-electron chi connectivity index (χ0n) is 20.0. The number of hydrogen-bond donors (Lipinski definition) is 1. The first-order valence-corrected chi connectivity index (χ1v) is 15.5. The van der Waals surface area contributed by atoms with Crippen molar-refractivity contribution < 1.29 is 21.6 Å². The Bertz CT molecular complexity index is 1260. The molecule has 0 atom stereocenters. The molecule has 1 saturated heterocycles. The van der Waals surface area contributed by atoms with Crippen molar-refractivity contribution in [3.63, 3.8) is 0 Å². The van der Waals surface area contributed by atoms with Gasteiger partial charge >= 0.3 is 0 Å². The zero-order chi connectivity index (χ0) is 24.6. The molecule has 10 heteroatoms. The van der Waals surface area contributed by atoms with Gasteiger partial charge in [0.2, 0.25) is 20.0 Å². The van der Waals surface area contributed by atoms with Crippen molar-refractivity contribution in [3.8, 4) is 5.75 Å². The fourth-order valence-corrected chi connectivity index (χ4v) is 7.23. The molecule has 1 aliphatic carbocycles. The Morgan fingerprint density at radius 1 is 0.943 bits per heavy atom. The van der Waals surface area contributed by atoms with E-state index in [9.17, 15) is 16.8 Å². The second-order valence-electron chi connectivity index (χ2n) is 10.0. The van der Waals surface area contributed by atoms with E-state index in [4.69, 9.17) is 4.74 Å². The lowest BCUT2D eigenvalue weighted by molar-refractivity contribution is 0.182. The Balaban J connectivity index is 1.29. The normalized spacial score (nSPS) is 20.1. The van der Waals surface area contributed by atoms with E-state index < -0.39 is 20.0 Å². The summed E-state index contributed by atoms with van der Waals surface area (Å²) >= 11 is 0. The fraction of sp³-hybridized carbons (Fsp3) is 0.520. The molecule has 0 unspecified atom stereocenters. The van der Waals surface area contributed by atoms with Gasteiger partial charge in [0.1, 0.15) is 10.6 Å². The van der Waals surface area contributed by atoms with Crippen LogP contribution >= 0.6 is 0 Å². The third kappa shape index (κ3) is 6.06. The van der Waals surface area contributed by atoms with Gasteiger partial charge < -0.3 is 4.74 Å². The van der Waals surface area contributed by atoms with Gasteiger partial charge in [0, 0.05) is 38.8 Å². The number of fused-ring (bicyclic) bond motifs is 1. The van der Waals surface area contributed by atoms with E-state index in [1.54, 1.807) is 12.1 Å². The van der Waals surface area contributed by atoms with E-state index in [-0.39, 0.29) is 16.9 Å². The summed E-state index contributed by atoms with van der Waals surface area (Å²) in [7, 11) is -6.88. The van der Waals surface area contributed by atoms with Crippen LogP contribution in [-0.2, 0) is 39.7 Å². The minimum Gasteiger partial charge on any atom is -0.492 e. The molecular weight excluding hydrogens is 486 g/mol. The maximum atomic E-state index is 13.2. The van der Waals surface area contributed by atoms with Crippen LogP contribution in [0, 0.1) is 5.92 Å². The Morgan fingerprint density at radius 2 is 1.60 bits per heavy atom. The van der Waals surface area contributed by atoms with E-state index >= 15 is 0 Å². The van der Waals surface area contributed by atoms with Crippen LogP contribution in [0.15, 0.2) is 47.4 Å². The third-order valence-electron chi connectivity index (χ3n) is 7.03. The van der Waals surface area contributed by atoms with Crippen molar-refractivity contribution in [2.45, 2.75) is 56.3 Å². The summed E-state index contributed by atoms with van der Waals surface area (Å²) in [6, 6.07) is 13.8. The molecule has 190 valence electrons. The van der Waals surface area contributed by atoms with E-state index in [1.165, 1.54) is 21.7 Å². The standard InChI is InChI=1S/C25H33N3O5S2/c1-34(29,30)28-12-10-19(11-13-28)18-33-24-9-6-20(14-25(24)35(31,32)26-23-7-8-23)15-27-16-21-4-2-3-5-22(21)17-27/h2-6,9,14,19,23,26H,7-8,10-13,15-18H2,1H3. The molecule has 0 radical (unpaired) electrons. The summed E-state index contributed by atoms with van der Waals surface area (Å²) in [5.41, 5.74) is 3.57. The maximum absolute atomic E-state index is 13.2. The third-order valence-corrected chi connectivity index (χ3v) is 9.87. The molecule has 2 aromatic rings. The number of ether oxygens (including phenoxy) is 1. The first kappa shape index (κ1) is 24.7. The van der Waals surface area contributed by atoms with Crippen LogP contribution in [-0.4, -0.2) is 58.0 Å². The number of piperidine rings is 1. The van der Waals surface area contributed by atoms with Gasteiger partial charge in [-0.15, -0.1) is 0 Å². The maximum Gasteiger partial charge on any atom is 0.244 e. The number of nitrogens with one attached hydrogen (secondary N) is 1. The minimum atomic E-state index is -3.70. The van der Waals surface area contributed by atoms with Gasteiger partial charge in [-0.25, -0.2) is 25.9 Å². The predicted molar refractivity (Wildman–Crippen MR) is 134 cm³/mol. The summed E-state index contributed by atoms with van der Waals surface area (Å²) < 4.78 is 60.3. The van der Waals surface area contributed by atoms with Crippen LogP contribution in [0.5, 0.6) is 5.75 Å². The highest BCUT2D eigenvalue weighted by Gasteiger charge is 2.31. The predicted octanol–water partition coefficient (Wildman–Crippen LogP) is 2.69. The zero-order valence-corrected chi connectivity index (χ0v) is 21.7. The van der Waals surface area contributed by atoms with E-state index in [2.05, 4.69) is 21.8 Å². The molecule has 5 rings (SSSR count). The summed E-state index contributed by atoms with van der Waals surface area (Å²) in [4.78, 5) is 2.49. The molecule has 1 N–H and O–H groups in total. The van der Waals surface area contributed by atoms with E-state index in [1.807, 2.05) is 18.2 Å². The molecule has 2 aromatic carbocycles. The van der Waals surface area contributed by atoms with E-state index in [0.717, 1.165) is 31.5 Å². The summed E-state index contributed by atoms with van der Waals surface area (Å²) in [6.07, 6.45) is 4.35. The highest BCUT2D eigenvalue weighted by atomic mass is 32.2. The van der Waals surface area contributed by atoms with Gasteiger partial charge in [0.25, 0.3) is 0 Å².